The number of aromatic nitrogens is 1. The van der Waals surface area contributed by atoms with Gasteiger partial charge < -0.3 is 19.3 Å². The van der Waals surface area contributed by atoms with Crippen molar-refractivity contribution in [2.75, 3.05) is 18.1 Å². The van der Waals surface area contributed by atoms with Crippen LogP contribution in [0.1, 0.15) is 62.8 Å². The summed E-state index contributed by atoms with van der Waals surface area (Å²) in [5, 5.41) is 12.6. The molecular formula is C34H33ClN2O6S. The van der Waals surface area contributed by atoms with E-state index in [1.807, 2.05) is 19.9 Å². The number of thiazole rings is 1. The Hall–Kier alpha value is -4.08. The number of ketones is 1. The van der Waals surface area contributed by atoms with Gasteiger partial charge in [-0.15, -0.1) is 0 Å². The average Bonchev–Trinajstić information content (AvgIpc) is 3.67. The van der Waals surface area contributed by atoms with Crippen LogP contribution in [0.2, 0.25) is 5.02 Å². The molecule has 1 N–H and O–H groups in total. The van der Waals surface area contributed by atoms with E-state index in [0.29, 0.717) is 57.9 Å². The molecule has 228 valence electrons. The lowest BCUT2D eigenvalue weighted by Gasteiger charge is -2.24. The Balaban J connectivity index is 1.49. The molecule has 0 radical (unpaired) electrons. The highest BCUT2D eigenvalue weighted by molar-refractivity contribution is 7.22. The summed E-state index contributed by atoms with van der Waals surface area (Å²) in [6.07, 6.45) is 3.74. The minimum Gasteiger partial charge on any atom is -0.507 e. The maximum Gasteiger partial charge on any atom is 0.301 e. The number of hydrogen-bond donors (Lipinski definition) is 1. The van der Waals surface area contributed by atoms with E-state index in [4.69, 9.17) is 25.8 Å². The number of Topliss-reactive ketones (excluding diaryl/α,β-unsaturated/α-hetero) is 1. The third kappa shape index (κ3) is 5.62. The molecule has 0 aliphatic carbocycles. The van der Waals surface area contributed by atoms with Crippen molar-refractivity contribution in [3.8, 4) is 17.2 Å². The number of carbonyl (C=O) groups is 2. The number of aliphatic hydroxyl groups is 1. The molecule has 3 heterocycles. The standard InChI is InChI=1S/C34H33ClN2O6S/c1-4-6-7-14-42-26-13-8-20(17-27(26)41-5-2)30-29(31(38)21-9-12-25-22(16-21)15-19(3)43-25)32(39)33(40)37(30)34-36-24-11-10-23(35)18-28(24)44-34/h8-13,16-19,30,38H,4-7,14-15H2,1-3H3/b31-29+/t19-,30+/m0/s1. The monoisotopic (exact) mass is 632 g/mol. The number of halogens is 1. The molecule has 2 aliphatic heterocycles. The van der Waals surface area contributed by atoms with Crippen LogP contribution in [0.4, 0.5) is 5.13 Å². The third-order valence-corrected chi connectivity index (χ3v) is 9.00. The van der Waals surface area contributed by atoms with Gasteiger partial charge in [-0.3, -0.25) is 14.5 Å². The molecule has 1 aromatic heterocycles. The summed E-state index contributed by atoms with van der Waals surface area (Å²) >= 11 is 7.48. The molecule has 1 amide bonds. The number of hydrogen-bond acceptors (Lipinski definition) is 8. The van der Waals surface area contributed by atoms with Crippen molar-refractivity contribution in [2.45, 2.75) is 58.6 Å². The number of fused-ring (bicyclic) bond motifs is 2. The predicted molar refractivity (Wildman–Crippen MR) is 172 cm³/mol. The number of carbonyl (C=O) groups excluding carboxylic acids is 2. The van der Waals surface area contributed by atoms with Gasteiger partial charge in [-0.25, -0.2) is 4.98 Å². The number of rotatable bonds is 10. The van der Waals surface area contributed by atoms with Crippen LogP contribution in [0.5, 0.6) is 17.2 Å². The molecular weight excluding hydrogens is 600 g/mol. The van der Waals surface area contributed by atoms with Crippen LogP contribution in [0.15, 0.2) is 60.2 Å². The van der Waals surface area contributed by atoms with Crippen LogP contribution in [-0.2, 0) is 16.0 Å². The van der Waals surface area contributed by atoms with E-state index in [1.165, 1.54) is 16.2 Å². The predicted octanol–water partition coefficient (Wildman–Crippen LogP) is 7.87. The summed E-state index contributed by atoms with van der Waals surface area (Å²) in [7, 11) is 0. The lowest BCUT2D eigenvalue weighted by molar-refractivity contribution is -0.132. The summed E-state index contributed by atoms with van der Waals surface area (Å²) in [6.45, 7) is 6.92. The molecule has 1 fully saturated rings. The van der Waals surface area contributed by atoms with E-state index < -0.39 is 17.7 Å². The zero-order valence-corrected chi connectivity index (χ0v) is 26.3. The molecule has 0 saturated carbocycles. The van der Waals surface area contributed by atoms with Gasteiger partial charge in [0.25, 0.3) is 5.78 Å². The van der Waals surface area contributed by atoms with Gasteiger partial charge in [-0.2, -0.15) is 0 Å². The first kappa shape index (κ1) is 30.0. The number of anilines is 1. The molecule has 6 rings (SSSR count). The van der Waals surface area contributed by atoms with Crippen molar-refractivity contribution >= 4 is 55.7 Å². The molecule has 8 nitrogen and oxygen atoms in total. The Kier molecular flexibility index (Phi) is 8.51. The SMILES string of the molecule is CCCCCOc1ccc([C@@H]2/C(=C(\O)c3ccc4c(c3)C[C@H](C)O4)C(=O)C(=O)N2c2nc3ccc(Cl)cc3s2)cc1OCC. The molecule has 0 bridgehead atoms. The van der Waals surface area contributed by atoms with Crippen LogP contribution in [0.25, 0.3) is 16.0 Å². The largest absolute Gasteiger partial charge is 0.507 e. The molecule has 0 spiro atoms. The van der Waals surface area contributed by atoms with Crippen molar-refractivity contribution in [3.63, 3.8) is 0 Å². The molecule has 10 heteroatoms. The first-order valence-electron chi connectivity index (χ1n) is 14.9. The highest BCUT2D eigenvalue weighted by Gasteiger charge is 2.48. The summed E-state index contributed by atoms with van der Waals surface area (Å²) in [6, 6.07) is 15.0. The second kappa shape index (κ2) is 12.5. The van der Waals surface area contributed by atoms with E-state index in [-0.39, 0.29) is 17.4 Å². The molecule has 4 aromatic rings. The highest BCUT2D eigenvalue weighted by Crippen LogP contribution is 2.46. The van der Waals surface area contributed by atoms with Crippen LogP contribution in [0.3, 0.4) is 0 Å². The minimum absolute atomic E-state index is 0.0141. The Bertz CT molecular complexity index is 1780. The molecule has 0 unspecified atom stereocenters. The Morgan fingerprint density at radius 1 is 1.07 bits per heavy atom. The normalized spacial score (nSPS) is 19.0. The zero-order chi connectivity index (χ0) is 31.0. The molecule has 44 heavy (non-hydrogen) atoms. The molecule has 3 aromatic carbocycles. The number of amides is 1. The molecule has 2 aliphatic rings. The van der Waals surface area contributed by atoms with Gasteiger partial charge in [0, 0.05) is 17.0 Å². The van der Waals surface area contributed by atoms with Crippen molar-refractivity contribution in [1.29, 1.82) is 0 Å². The maximum atomic E-state index is 13.8. The second-order valence-corrected chi connectivity index (χ2v) is 12.4. The Labute approximate surface area is 264 Å². The number of benzene rings is 3. The van der Waals surface area contributed by atoms with Crippen molar-refractivity contribution in [2.24, 2.45) is 0 Å². The second-order valence-electron chi connectivity index (χ2n) is 10.9. The summed E-state index contributed by atoms with van der Waals surface area (Å²) in [5.74, 6) is -0.0291. The zero-order valence-electron chi connectivity index (χ0n) is 24.8. The highest BCUT2D eigenvalue weighted by atomic mass is 35.5. The van der Waals surface area contributed by atoms with E-state index in [0.717, 1.165) is 35.3 Å². The summed E-state index contributed by atoms with van der Waals surface area (Å²) in [4.78, 5) is 33.6. The van der Waals surface area contributed by atoms with Gasteiger partial charge in [0.1, 0.15) is 17.6 Å². The number of nitrogens with zero attached hydrogens (tertiary/aromatic N) is 2. The fourth-order valence-corrected chi connectivity index (χ4v) is 6.94. The van der Waals surface area contributed by atoms with Crippen LogP contribution in [0, 0.1) is 0 Å². The average molecular weight is 633 g/mol. The van der Waals surface area contributed by atoms with Crippen LogP contribution >= 0.6 is 22.9 Å². The third-order valence-electron chi connectivity index (χ3n) is 7.75. The van der Waals surface area contributed by atoms with Crippen molar-refractivity contribution in [1.82, 2.24) is 4.98 Å². The number of aliphatic hydroxyl groups excluding tert-OH is 1. The quantitative estimate of drug-likeness (QED) is 0.0822. The summed E-state index contributed by atoms with van der Waals surface area (Å²) in [5.41, 5.74) is 2.55. The van der Waals surface area contributed by atoms with E-state index in [1.54, 1.807) is 48.5 Å². The fourth-order valence-electron chi connectivity index (χ4n) is 5.68. The maximum absolute atomic E-state index is 13.8. The summed E-state index contributed by atoms with van der Waals surface area (Å²) < 4.78 is 18.6. The van der Waals surface area contributed by atoms with Gasteiger partial charge in [-0.05, 0) is 79.9 Å². The van der Waals surface area contributed by atoms with Gasteiger partial charge in [-0.1, -0.05) is 48.8 Å². The van der Waals surface area contributed by atoms with Gasteiger partial charge >= 0.3 is 5.91 Å². The van der Waals surface area contributed by atoms with E-state index in [2.05, 4.69) is 11.9 Å². The lowest BCUT2D eigenvalue weighted by atomic mass is 9.94. The Morgan fingerprint density at radius 2 is 1.91 bits per heavy atom. The van der Waals surface area contributed by atoms with Crippen LogP contribution < -0.4 is 19.1 Å². The number of ether oxygens (including phenoxy) is 3. The molecule has 2 atom stereocenters. The fraction of sp³-hybridized carbons (Fsp3) is 0.324. The molecule has 1 saturated heterocycles. The van der Waals surface area contributed by atoms with Crippen molar-refractivity contribution in [3.05, 3.63) is 81.9 Å². The smallest absolute Gasteiger partial charge is 0.301 e. The topological polar surface area (TPSA) is 98.2 Å². The minimum atomic E-state index is -0.970. The lowest BCUT2D eigenvalue weighted by Crippen LogP contribution is -2.29. The van der Waals surface area contributed by atoms with Crippen LogP contribution in [-0.4, -0.2) is 41.1 Å². The Morgan fingerprint density at radius 3 is 2.70 bits per heavy atom. The van der Waals surface area contributed by atoms with Gasteiger partial charge in [0.15, 0.2) is 16.6 Å². The first-order chi connectivity index (χ1) is 21.3. The van der Waals surface area contributed by atoms with E-state index >= 15 is 0 Å². The first-order valence-corrected chi connectivity index (χ1v) is 16.0. The number of unbranched alkanes of at least 4 members (excludes halogenated alkanes) is 2. The van der Waals surface area contributed by atoms with Crippen molar-refractivity contribution < 1.29 is 28.9 Å². The van der Waals surface area contributed by atoms with Gasteiger partial charge in [0.05, 0.1) is 35.0 Å². The van der Waals surface area contributed by atoms with Gasteiger partial charge in [0.2, 0.25) is 0 Å². The van der Waals surface area contributed by atoms with E-state index in [9.17, 15) is 14.7 Å².